The van der Waals surface area contributed by atoms with Gasteiger partial charge in [0.1, 0.15) is 5.82 Å². The molecule has 6 nitrogen and oxygen atoms in total. The summed E-state index contributed by atoms with van der Waals surface area (Å²) in [6.07, 6.45) is 5.18. The summed E-state index contributed by atoms with van der Waals surface area (Å²) < 4.78 is 13.1. The van der Waals surface area contributed by atoms with Gasteiger partial charge in [0, 0.05) is 23.4 Å². The number of piperidine rings is 1. The van der Waals surface area contributed by atoms with E-state index in [1.807, 2.05) is 12.1 Å². The van der Waals surface area contributed by atoms with Crippen LogP contribution in [-0.4, -0.2) is 48.7 Å². The van der Waals surface area contributed by atoms with Crippen LogP contribution in [-0.2, 0) is 6.42 Å². The molecule has 1 saturated heterocycles. The SMILES string of the molecule is CC(=O)c1cc(NC(=O)NCCCCN2CCC(Cc3ccc(F)cc3)CC2)cc(C(C)=O)c1. The maximum Gasteiger partial charge on any atom is 0.319 e. The summed E-state index contributed by atoms with van der Waals surface area (Å²) in [5, 5.41) is 5.55. The van der Waals surface area contributed by atoms with Crippen LogP contribution < -0.4 is 10.6 Å². The fourth-order valence-electron chi connectivity index (χ4n) is 4.31. The van der Waals surface area contributed by atoms with Crippen molar-refractivity contribution in [3.8, 4) is 0 Å². The minimum Gasteiger partial charge on any atom is -0.338 e. The molecule has 0 aliphatic carbocycles. The highest BCUT2D eigenvalue weighted by Gasteiger charge is 2.19. The molecule has 1 aliphatic rings. The van der Waals surface area contributed by atoms with Crippen LogP contribution >= 0.6 is 0 Å². The number of unbranched alkanes of at least 4 members (excludes halogenated alkanes) is 1. The number of ketones is 2. The molecule has 2 aromatic carbocycles. The number of likely N-dealkylation sites (tertiary alicyclic amines) is 1. The normalized spacial score (nSPS) is 14.6. The number of urea groups is 1. The summed E-state index contributed by atoms with van der Waals surface area (Å²) in [6.45, 7) is 6.57. The molecule has 0 radical (unpaired) electrons. The van der Waals surface area contributed by atoms with Crippen LogP contribution in [0.2, 0.25) is 0 Å². The number of nitrogens with zero attached hydrogens (tertiary/aromatic N) is 1. The Balaban J connectivity index is 1.32. The highest BCUT2D eigenvalue weighted by molar-refractivity contribution is 6.02. The zero-order chi connectivity index (χ0) is 24.5. The average Bonchev–Trinajstić information content (AvgIpc) is 2.81. The smallest absolute Gasteiger partial charge is 0.319 e. The molecule has 34 heavy (non-hydrogen) atoms. The van der Waals surface area contributed by atoms with E-state index in [0.29, 0.717) is 29.3 Å². The van der Waals surface area contributed by atoms with Gasteiger partial charge in [-0.3, -0.25) is 9.59 Å². The fourth-order valence-corrected chi connectivity index (χ4v) is 4.31. The third-order valence-corrected chi connectivity index (χ3v) is 6.34. The van der Waals surface area contributed by atoms with E-state index in [1.54, 1.807) is 18.2 Å². The predicted molar refractivity (Wildman–Crippen MR) is 132 cm³/mol. The van der Waals surface area contributed by atoms with Crippen LogP contribution in [0.3, 0.4) is 0 Å². The maximum absolute atomic E-state index is 13.1. The minimum atomic E-state index is -0.350. The lowest BCUT2D eigenvalue weighted by molar-refractivity contribution is 0.101. The highest BCUT2D eigenvalue weighted by Crippen LogP contribution is 2.22. The first-order valence-electron chi connectivity index (χ1n) is 12.0. The van der Waals surface area contributed by atoms with E-state index in [4.69, 9.17) is 0 Å². The molecule has 0 bridgehead atoms. The average molecular weight is 468 g/mol. The first kappa shape index (κ1) is 25.6. The summed E-state index contributed by atoms with van der Waals surface area (Å²) >= 11 is 0. The molecule has 2 aromatic rings. The van der Waals surface area contributed by atoms with Gasteiger partial charge in [0.15, 0.2) is 11.6 Å². The Labute approximate surface area is 200 Å². The fraction of sp³-hybridized carbons (Fsp3) is 0.444. The Hall–Kier alpha value is -3.06. The van der Waals surface area contributed by atoms with Crippen LogP contribution in [0.25, 0.3) is 0 Å². The molecular weight excluding hydrogens is 433 g/mol. The molecule has 182 valence electrons. The molecule has 1 heterocycles. The second kappa shape index (κ2) is 12.4. The number of amides is 2. The molecule has 7 heteroatoms. The summed E-state index contributed by atoms with van der Waals surface area (Å²) in [7, 11) is 0. The van der Waals surface area contributed by atoms with Crippen molar-refractivity contribution in [3.05, 3.63) is 65.0 Å². The standard InChI is InChI=1S/C27H34FN3O3/c1-19(32)23-16-24(20(2)33)18-26(17-23)30-27(34)29-11-3-4-12-31-13-9-22(10-14-31)15-21-5-7-25(28)8-6-21/h5-8,16-18,22H,3-4,9-15H2,1-2H3,(H2,29,30,34). The maximum atomic E-state index is 13.1. The van der Waals surface area contributed by atoms with Gasteiger partial charge >= 0.3 is 6.03 Å². The molecule has 1 fully saturated rings. The molecule has 0 atom stereocenters. The van der Waals surface area contributed by atoms with Crippen LogP contribution in [0.1, 0.15) is 65.8 Å². The van der Waals surface area contributed by atoms with E-state index < -0.39 is 0 Å². The Morgan fingerprint density at radius 2 is 1.56 bits per heavy atom. The lowest BCUT2D eigenvalue weighted by atomic mass is 9.90. The number of nitrogens with one attached hydrogen (secondary N) is 2. The van der Waals surface area contributed by atoms with Crippen molar-refractivity contribution < 1.29 is 18.8 Å². The topological polar surface area (TPSA) is 78.5 Å². The van der Waals surface area contributed by atoms with E-state index in [0.717, 1.165) is 51.7 Å². The molecule has 0 spiro atoms. The Morgan fingerprint density at radius 3 is 2.15 bits per heavy atom. The Bertz CT molecular complexity index is 966. The monoisotopic (exact) mass is 467 g/mol. The largest absolute Gasteiger partial charge is 0.338 e. The van der Waals surface area contributed by atoms with Gasteiger partial charge in [-0.1, -0.05) is 12.1 Å². The predicted octanol–water partition coefficient (Wildman–Crippen LogP) is 5.09. The second-order valence-corrected chi connectivity index (χ2v) is 9.12. The number of halogens is 1. The van der Waals surface area contributed by atoms with Crippen molar-refractivity contribution in [2.75, 3.05) is 31.5 Å². The lowest BCUT2D eigenvalue weighted by Crippen LogP contribution is -2.35. The van der Waals surface area contributed by atoms with Gasteiger partial charge in [-0.2, -0.15) is 0 Å². The van der Waals surface area contributed by atoms with Crippen LogP contribution in [0.4, 0.5) is 14.9 Å². The van der Waals surface area contributed by atoms with Crippen molar-refractivity contribution in [1.29, 1.82) is 0 Å². The molecular formula is C27H34FN3O3. The second-order valence-electron chi connectivity index (χ2n) is 9.12. The molecule has 3 rings (SSSR count). The van der Waals surface area contributed by atoms with Gasteiger partial charge < -0.3 is 15.5 Å². The molecule has 0 unspecified atom stereocenters. The first-order chi connectivity index (χ1) is 16.3. The summed E-state index contributed by atoms with van der Waals surface area (Å²) in [5.74, 6) is 0.143. The molecule has 2 amide bonds. The van der Waals surface area contributed by atoms with Crippen LogP contribution in [0, 0.1) is 11.7 Å². The van der Waals surface area contributed by atoms with Gasteiger partial charge in [-0.25, -0.2) is 9.18 Å². The third kappa shape index (κ3) is 8.06. The molecule has 0 saturated carbocycles. The summed E-state index contributed by atoms with van der Waals surface area (Å²) in [4.78, 5) is 38.1. The Morgan fingerprint density at radius 1 is 0.941 bits per heavy atom. The van der Waals surface area contributed by atoms with Gasteiger partial charge in [0.2, 0.25) is 0 Å². The van der Waals surface area contributed by atoms with Crippen molar-refractivity contribution >= 4 is 23.3 Å². The number of anilines is 1. The highest BCUT2D eigenvalue weighted by atomic mass is 19.1. The number of carbonyl (C=O) groups excluding carboxylic acids is 3. The van der Waals surface area contributed by atoms with E-state index in [1.165, 1.54) is 31.5 Å². The summed E-state index contributed by atoms with van der Waals surface area (Å²) in [6, 6.07) is 11.2. The van der Waals surface area contributed by atoms with E-state index in [9.17, 15) is 18.8 Å². The van der Waals surface area contributed by atoms with Gasteiger partial charge in [-0.05, 0) is 107 Å². The van der Waals surface area contributed by atoms with Crippen molar-refractivity contribution in [2.45, 2.75) is 46.0 Å². The Kier molecular flexibility index (Phi) is 9.33. The number of carbonyl (C=O) groups is 3. The first-order valence-corrected chi connectivity index (χ1v) is 12.0. The lowest BCUT2D eigenvalue weighted by Gasteiger charge is -2.32. The van der Waals surface area contributed by atoms with Crippen molar-refractivity contribution in [1.82, 2.24) is 10.2 Å². The molecule has 2 N–H and O–H groups in total. The minimum absolute atomic E-state index is 0.161. The van der Waals surface area contributed by atoms with Crippen molar-refractivity contribution in [3.63, 3.8) is 0 Å². The van der Waals surface area contributed by atoms with E-state index >= 15 is 0 Å². The quantitative estimate of drug-likeness (QED) is 0.377. The zero-order valence-electron chi connectivity index (χ0n) is 20.0. The third-order valence-electron chi connectivity index (χ3n) is 6.34. The van der Waals surface area contributed by atoms with Gasteiger partial charge in [0.25, 0.3) is 0 Å². The zero-order valence-corrected chi connectivity index (χ0v) is 20.0. The van der Waals surface area contributed by atoms with Gasteiger partial charge in [-0.15, -0.1) is 0 Å². The number of Topliss-reactive ketones (excluding diaryl/α,β-unsaturated/α-hetero) is 2. The number of hydrogen-bond acceptors (Lipinski definition) is 4. The molecule has 0 aromatic heterocycles. The van der Waals surface area contributed by atoms with E-state index in [-0.39, 0.29) is 23.4 Å². The molecule has 1 aliphatic heterocycles. The summed E-state index contributed by atoms with van der Waals surface area (Å²) in [5.41, 5.74) is 2.42. The van der Waals surface area contributed by atoms with Crippen LogP contribution in [0.15, 0.2) is 42.5 Å². The number of rotatable bonds is 10. The van der Waals surface area contributed by atoms with Crippen molar-refractivity contribution in [2.24, 2.45) is 5.92 Å². The van der Waals surface area contributed by atoms with Crippen LogP contribution in [0.5, 0.6) is 0 Å². The van der Waals surface area contributed by atoms with E-state index in [2.05, 4.69) is 15.5 Å². The number of benzene rings is 2. The van der Waals surface area contributed by atoms with Gasteiger partial charge in [0.05, 0.1) is 0 Å². The number of hydrogen-bond donors (Lipinski definition) is 2.